The van der Waals surface area contributed by atoms with Crippen LogP contribution in [0, 0.1) is 0 Å². The number of ether oxygens (including phenoxy) is 1. The standard InChI is InChI=1S/C16H18N2O2/c1-3-19-15-10-11(17)9-13-12-7-5-6-8-14(12)18(16(13)15)20-4-2/h5-10H,3-4,17H2,1-2H3. The van der Waals surface area contributed by atoms with Crippen molar-refractivity contribution in [3.63, 3.8) is 0 Å². The third kappa shape index (κ3) is 1.84. The van der Waals surface area contributed by atoms with Gasteiger partial charge < -0.3 is 15.3 Å². The van der Waals surface area contributed by atoms with Gasteiger partial charge in [0, 0.05) is 22.5 Å². The fourth-order valence-corrected chi connectivity index (χ4v) is 2.57. The molecule has 4 nitrogen and oxygen atoms in total. The molecule has 1 aromatic heterocycles. The number of rotatable bonds is 4. The van der Waals surface area contributed by atoms with Gasteiger partial charge in [-0.05, 0) is 26.0 Å². The molecule has 4 heteroatoms. The quantitative estimate of drug-likeness (QED) is 0.740. The highest BCUT2D eigenvalue weighted by atomic mass is 16.7. The SMILES string of the molecule is CCOc1cc(N)cc2c3ccccc3n(OCC)c12. The summed E-state index contributed by atoms with van der Waals surface area (Å²) in [5.74, 6) is 0.757. The smallest absolute Gasteiger partial charge is 0.149 e. The Balaban J connectivity index is 2.45. The van der Waals surface area contributed by atoms with Gasteiger partial charge in [-0.15, -0.1) is 0 Å². The summed E-state index contributed by atoms with van der Waals surface area (Å²) >= 11 is 0. The van der Waals surface area contributed by atoms with E-state index < -0.39 is 0 Å². The lowest BCUT2D eigenvalue weighted by Gasteiger charge is -2.11. The number of anilines is 1. The summed E-state index contributed by atoms with van der Waals surface area (Å²) in [4.78, 5) is 5.80. The molecule has 3 aromatic rings. The summed E-state index contributed by atoms with van der Waals surface area (Å²) in [5.41, 5.74) is 8.65. The first-order valence-electron chi connectivity index (χ1n) is 6.85. The first kappa shape index (κ1) is 12.7. The molecule has 0 bridgehead atoms. The fourth-order valence-electron chi connectivity index (χ4n) is 2.57. The first-order valence-corrected chi connectivity index (χ1v) is 6.85. The van der Waals surface area contributed by atoms with Crippen molar-refractivity contribution in [1.82, 2.24) is 4.73 Å². The second kappa shape index (κ2) is 4.96. The summed E-state index contributed by atoms with van der Waals surface area (Å²) in [7, 11) is 0. The van der Waals surface area contributed by atoms with Gasteiger partial charge >= 0.3 is 0 Å². The molecule has 2 aromatic carbocycles. The lowest BCUT2D eigenvalue weighted by Crippen LogP contribution is -2.11. The Kier molecular flexibility index (Phi) is 3.14. The molecule has 0 amide bonds. The molecule has 104 valence electrons. The Bertz CT molecular complexity index is 762. The highest BCUT2D eigenvalue weighted by Gasteiger charge is 2.16. The molecule has 1 heterocycles. The average molecular weight is 270 g/mol. The topological polar surface area (TPSA) is 49.4 Å². The summed E-state index contributed by atoms with van der Waals surface area (Å²) < 4.78 is 7.58. The van der Waals surface area contributed by atoms with E-state index in [9.17, 15) is 0 Å². The predicted octanol–water partition coefficient (Wildman–Crippen LogP) is 3.22. The Labute approximate surface area is 117 Å². The van der Waals surface area contributed by atoms with Gasteiger partial charge in [-0.2, -0.15) is 4.73 Å². The monoisotopic (exact) mass is 270 g/mol. The van der Waals surface area contributed by atoms with Crippen LogP contribution >= 0.6 is 0 Å². The summed E-state index contributed by atoms with van der Waals surface area (Å²) in [5, 5.41) is 2.17. The zero-order valence-electron chi connectivity index (χ0n) is 11.7. The van der Waals surface area contributed by atoms with Crippen molar-refractivity contribution in [2.24, 2.45) is 0 Å². The minimum atomic E-state index is 0.587. The normalized spacial score (nSPS) is 11.1. The van der Waals surface area contributed by atoms with E-state index in [4.69, 9.17) is 15.3 Å². The van der Waals surface area contributed by atoms with Crippen molar-refractivity contribution in [2.75, 3.05) is 18.9 Å². The minimum absolute atomic E-state index is 0.587. The Morgan fingerprint density at radius 3 is 2.60 bits per heavy atom. The summed E-state index contributed by atoms with van der Waals surface area (Å²) in [6.07, 6.45) is 0. The van der Waals surface area contributed by atoms with Crippen LogP contribution in [-0.2, 0) is 0 Å². The van der Waals surface area contributed by atoms with Gasteiger partial charge in [0.05, 0.1) is 12.1 Å². The molecule has 0 saturated heterocycles. The molecule has 0 aliphatic rings. The van der Waals surface area contributed by atoms with Crippen LogP contribution in [0.1, 0.15) is 13.8 Å². The van der Waals surface area contributed by atoms with Crippen molar-refractivity contribution in [3.8, 4) is 5.75 Å². The van der Waals surface area contributed by atoms with Crippen molar-refractivity contribution in [3.05, 3.63) is 36.4 Å². The molecule has 0 radical (unpaired) electrons. The Morgan fingerprint density at radius 2 is 1.85 bits per heavy atom. The molecule has 0 aliphatic carbocycles. The number of aromatic nitrogens is 1. The zero-order chi connectivity index (χ0) is 14.1. The molecular weight excluding hydrogens is 252 g/mol. The lowest BCUT2D eigenvalue weighted by atomic mass is 10.1. The van der Waals surface area contributed by atoms with Crippen LogP contribution in [-0.4, -0.2) is 17.9 Å². The molecule has 2 N–H and O–H groups in total. The number of para-hydroxylation sites is 1. The number of fused-ring (bicyclic) bond motifs is 3. The van der Waals surface area contributed by atoms with Crippen LogP contribution in [0.4, 0.5) is 5.69 Å². The summed E-state index contributed by atoms with van der Waals surface area (Å²) in [6.45, 7) is 5.11. The molecule has 20 heavy (non-hydrogen) atoms. The third-order valence-electron chi connectivity index (χ3n) is 3.27. The average Bonchev–Trinajstić information content (AvgIpc) is 2.75. The van der Waals surface area contributed by atoms with Crippen LogP contribution < -0.4 is 15.3 Å². The highest BCUT2D eigenvalue weighted by molar-refractivity contribution is 6.10. The number of benzene rings is 2. The van der Waals surface area contributed by atoms with Crippen LogP contribution in [0.15, 0.2) is 36.4 Å². The maximum Gasteiger partial charge on any atom is 0.149 e. The molecule has 3 rings (SSSR count). The van der Waals surface area contributed by atoms with Crippen LogP contribution in [0.5, 0.6) is 5.75 Å². The van der Waals surface area contributed by atoms with Crippen LogP contribution in [0.25, 0.3) is 21.8 Å². The minimum Gasteiger partial charge on any atom is -0.491 e. The fraction of sp³-hybridized carbons (Fsp3) is 0.250. The van der Waals surface area contributed by atoms with E-state index in [0.29, 0.717) is 18.9 Å². The molecule has 0 aliphatic heterocycles. The molecule has 0 fully saturated rings. The Hall–Kier alpha value is -2.36. The second-order valence-electron chi connectivity index (χ2n) is 4.58. The molecule has 0 atom stereocenters. The molecular formula is C16H18N2O2. The van der Waals surface area contributed by atoms with Gasteiger partial charge in [0.2, 0.25) is 0 Å². The van der Waals surface area contributed by atoms with Gasteiger partial charge in [-0.3, -0.25) is 0 Å². The largest absolute Gasteiger partial charge is 0.491 e. The maximum atomic E-state index is 6.00. The molecule has 0 spiro atoms. The molecule has 0 unspecified atom stereocenters. The van der Waals surface area contributed by atoms with E-state index in [1.165, 1.54) is 0 Å². The van der Waals surface area contributed by atoms with Crippen molar-refractivity contribution >= 4 is 27.5 Å². The number of hydrogen-bond donors (Lipinski definition) is 1. The van der Waals surface area contributed by atoms with Gasteiger partial charge in [-0.1, -0.05) is 18.2 Å². The molecule has 0 saturated carbocycles. The summed E-state index contributed by atoms with van der Waals surface area (Å²) in [6, 6.07) is 11.9. The first-order chi connectivity index (χ1) is 9.76. The van der Waals surface area contributed by atoms with Gasteiger partial charge in [0.1, 0.15) is 17.9 Å². The number of nitrogen functional groups attached to an aromatic ring is 1. The van der Waals surface area contributed by atoms with E-state index >= 15 is 0 Å². The van der Waals surface area contributed by atoms with E-state index in [1.807, 2.05) is 48.9 Å². The van der Waals surface area contributed by atoms with Crippen molar-refractivity contribution in [2.45, 2.75) is 13.8 Å². The van der Waals surface area contributed by atoms with Gasteiger partial charge in [0.15, 0.2) is 0 Å². The zero-order valence-corrected chi connectivity index (χ0v) is 11.7. The lowest BCUT2D eigenvalue weighted by molar-refractivity contribution is 0.141. The van der Waals surface area contributed by atoms with Crippen LogP contribution in [0.3, 0.4) is 0 Å². The van der Waals surface area contributed by atoms with Gasteiger partial charge in [-0.25, -0.2) is 0 Å². The highest BCUT2D eigenvalue weighted by Crippen LogP contribution is 2.36. The van der Waals surface area contributed by atoms with E-state index in [2.05, 4.69) is 6.07 Å². The number of nitrogens with two attached hydrogens (primary N) is 1. The predicted molar refractivity (Wildman–Crippen MR) is 82.1 cm³/mol. The Morgan fingerprint density at radius 1 is 1.05 bits per heavy atom. The van der Waals surface area contributed by atoms with E-state index in [0.717, 1.165) is 27.6 Å². The number of nitrogens with zero attached hydrogens (tertiary/aromatic N) is 1. The maximum absolute atomic E-state index is 6.00. The van der Waals surface area contributed by atoms with Gasteiger partial charge in [0.25, 0.3) is 0 Å². The van der Waals surface area contributed by atoms with Crippen molar-refractivity contribution in [1.29, 1.82) is 0 Å². The van der Waals surface area contributed by atoms with E-state index in [1.54, 1.807) is 0 Å². The van der Waals surface area contributed by atoms with E-state index in [-0.39, 0.29) is 0 Å². The second-order valence-corrected chi connectivity index (χ2v) is 4.58. The number of hydrogen-bond acceptors (Lipinski definition) is 3. The van der Waals surface area contributed by atoms with Crippen molar-refractivity contribution < 1.29 is 9.57 Å². The van der Waals surface area contributed by atoms with Crippen LogP contribution in [0.2, 0.25) is 0 Å². The third-order valence-corrected chi connectivity index (χ3v) is 3.27.